The molecule has 0 spiro atoms. The van der Waals surface area contributed by atoms with Gasteiger partial charge in [0.1, 0.15) is 5.54 Å². The maximum Gasteiger partial charge on any atom is 0.244 e. The molecular weight excluding hydrogens is 188 g/mol. The van der Waals surface area contributed by atoms with Crippen LogP contribution in [-0.2, 0) is 10.3 Å². The average Bonchev–Trinajstić information content (AvgIpc) is 2.31. The molecule has 1 aliphatic rings. The second kappa shape index (κ2) is 4.03. The van der Waals surface area contributed by atoms with Crippen molar-refractivity contribution in [2.24, 2.45) is 0 Å². The summed E-state index contributed by atoms with van der Waals surface area (Å²) in [6.45, 7) is 3.58. The molecular formula is C12H16N2O. The van der Waals surface area contributed by atoms with Gasteiger partial charge in [0.25, 0.3) is 0 Å². The van der Waals surface area contributed by atoms with Crippen molar-refractivity contribution in [3.63, 3.8) is 0 Å². The zero-order valence-corrected chi connectivity index (χ0v) is 8.92. The maximum atomic E-state index is 12.0. The molecule has 1 saturated heterocycles. The Morgan fingerprint density at radius 3 is 2.60 bits per heavy atom. The fraction of sp³-hybridized carbons (Fsp3) is 0.417. The highest BCUT2D eigenvalue weighted by Gasteiger charge is 2.39. The van der Waals surface area contributed by atoms with Gasteiger partial charge in [0.15, 0.2) is 0 Å². The van der Waals surface area contributed by atoms with E-state index >= 15 is 0 Å². The lowest BCUT2D eigenvalue weighted by atomic mass is 9.85. The van der Waals surface area contributed by atoms with Crippen LogP contribution in [0.2, 0.25) is 0 Å². The second-order valence-corrected chi connectivity index (χ2v) is 3.81. The van der Waals surface area contributed by atoms with Gasteiger partial charge in [0.05, 0.1) is 0 Å². The molecule has 3 nitrogen and oxygen atoms in total. The van der Waals surface area contributed by atoms with Crippen LogP contribution in [0.3, 0.4) is 0 Å². The normalized spacial score (nSPS) is 26.1. The minimum absolute atomic E-state index is 0.0856. The predicted octanol–water partition coefficient (Wildman–Crippen LogP) is 1.01. The van der Waals surface area contributed by atoms with Gasteiger partial charge < -0.3 is 5.32 Å². The van der Waals surface area contributed by atoms with Crippen molar-refractivity contribution < 1.29 is 4.79 Å². The Labute approximate surface area is 89.9 Å². The van der Waals surface area contributed by atoms with E-state index in [2.05, 4.69) is 10.6 Å². The first-order chi connectivity index (χ1) is 7.29. The summed E-state index contributed by atoms with van der Waals surface area (Å²) in [5.41, 5.74) is 0.518. The van der Waals surface area contributed by atoms with Crippen LogP contribution in [0.25, 0.3) is 0 Å². The number of benzene rings is 1. The van der Waals surface area contributed by atoms with Crippen LogP contribution >= 0.6 is 0 Å². The van der Waals surface area contributed by atoms with Gasteiger partial charge in [0, 0.05) is 13.1 Å². The van der Waals surface area contributed by atoms with E-state index in [4.69, 9.17) is 0 Å². The lowest BCUT2D eigenvalue weighted by Gasteiger charge is -2.36. The van der Waals surface area contributed by atoms with Crippen molar-refractivity contribution in [3.8, 4) is 0 Å². The third-order valence-electron chi connectivity index (χ3n) is 3.02. The van der Waals surface area contributed by atoms with Crippen molar-refractivity contribution in [2.75, 3.05) is 13.1 Å². The highest BCUT2D eigenvalue weighted by Crippen LogP contribution is 2.26. The molecule has 1 unspecified atom stereocenters. The van der Waals surface area contributed by atoms with Gasteiger partial charge >= 0.3 is 0 Å². The molecule has 0 saturated carbocycles. The van der Waals surface area contributed by atoms with E-state index in [-0.39, 0.29) is 5.91 Å². The van der Waals surface area contributed by atoms with Crippen LogP contribution in [0.5, 0.6) is 0 Å². The molecule has 2 N–H and O–H groups in total. The Kier molecular flexibility index (Phi) is 2.73. The molecule has 3 heteroatoms. The highest BCUT2D eigenvalue weighted by atomic mass is 16.2. The summed E-state index contributed by atoms with van der Waals surface area (Å²) in [5, 5.41) is 6.26. The van der Waals surface area contributed by atoms with E-state index < -0.39 is 5.54 Å². The van der Waals surface area contributed by atoms with Crippen LogP contribution in [0.4, 0.5) is 0 Å². The largest absolute Gasteiger partial charge is 0.353 e. The van der Waals surface area contributed by atoms with E-state index in [1.807, 2.05) is 37.3 Å². The van der Waals surface area contributed by atoms with Gasteiger partial charge in [-0.2, -0.15) is 0 Å². The molecule has 80 valence electrons. The lowest BCUT2D eigenvalue weighted by molar-refractivity contribution is -0.129. The molecule has 1 atom stereocenters. The summed E-state index contributed by atoms with van der Waals surface area (Å²) in [4.78, 5) is 12.0. The zero-order valence-electron chi connectivity index (χ0n) is 8.92. The predicted molar refractivity (Wildman–Crippen MR) is 59.4 cm³/mol. The van der Waals surface area contributed by atoms with E-state index in [1.54, 1.807) is 0 Å². The Hall–Kier alpha value is -1.35. The van der Waals surface area contributed by atoms with Crippen molar-refractivity contribution in [2.45, 2.75) is 18.9 Å². The molecule has 1 fully saturated rings. The van der Waals surface area contributed by atoms with Crippen molar-refractivity contribution in [1.29, 1.82) is 0 Å². The third kappa shape index (κ3) is 1.63. The van der Waals surface area contributed by atoms with Crippen LogP contribution < -0.4 is 10.6 Å². The molecule has 1 aliphatic heterocycles. The second-order valence-electron chi connectivity index (χ2n) is 3.81. The number of carbonyl (C=O) groups is 1. The molecule has 1 aromatic rings. The first kappa shape index (κ1) is 10.2. The molecule has 0 bridgehead atoms. The van der Waals surface area contributed by atoms with E-state index in [0.717, 1.165) is 18.5 Å². The third-order valence-corrected chi connectivity index (χ3v) is 3.02. The number of hydrogen-bond acceptors (Lipinski definition) is 2. The summed E-state index contributed by atoms with van der Waals surface area (Å²) in [7, 11) is 0. The topological polar surface area (TPSA) is 41.1 Å². The van der Waals surface area contributed by atoms with Crippen LogP contribution in [-0.4, -0.2) is 19.0 Å². The molecule has 2 rings (SSSR count). The van der Waals surface area contributed by atoms with Gasteiger partial charge in [0.2, 0.25) is 5.91 Å². The van der Waals surface area contributed by atoms with Crippen molar-refractivity contribution in [3.05, 3.63) is 35.9 Å². The fourth-order valence-electron chi connectivity index (χ4n) is 2.13. The van der Waals surface area contributed by atoms with E-state index in [9.17, 15) is 4.79 Å². The quantitative estimate of drug-likeness (QED) is 0.755. The Bertz CT molecular complexity index is 350. The summed E-state index contributed by atoms with van der Waals surface area (Å²) in [5.74, 6) is 0.0856. The average molecular weight is 204 g/mol. The van der Waals surface area contributed by atoms with Crippen LogP contribution in [0.15, 0.2) is 30.3 Å². The standard InChI is InChI=1S/C12H16N2O/c1-2-12(10-6-4-3-5-7-10)11(15)13-8-9-14-12/h3-7,14H,2,8-9H2,1H3,(H,13,15). The first-order valence-electron chi connectivity index (χ1n) is 5.38. The number of amides is 1. The van der Waals surface area contributed by atoms with Gasteiger partial charge in [-0.3, -0.25) is 10.1 Å². The number of hydrogen-bond donors (Lipinski definition) is 2. The SMILES string of the molecule is CCC1(c2ccccc2)NCCNC1=O. The number of nitrogens with one attached hydrogen (secondary N) is 2. The van der Waals surface area contributed by atoms with Gasteiger partial charge in [-0.25, -0.2) is 0 Å². The monoisotopic (exact) mass is 204 g/mol. The molecule has 1 amide bonds. The Morgan fingerprint density at radius 1 is 1.27 bits per heavy atom. The van der Waals surface area contributed by atoms with Crippen molar-refractivity contribution in [1.82, 2.24) is 10.6 Å². The summed E-state index contributed by atoms with van der Waals surface area (Å²) in [6.07, 6.45) is 0.767. The van der Waals surface area contributed by atoms with Crippen LogP contribution in [0, 0.1) is 0 Å². The molecule has 0 aromatic heterocycles. The van der Waals surface area contributed by atoms with Gasteiger partial charge in [-0.15, -0.1) is 0 Å². The number of piperazine rings is 1. The zero-order chi connectivity index (χ0) is 10.7. The minimum Gasteiger partial charge on any atom is -0.353 e. The first-order valence-corrected chi connectivity index (χ1v) is 5.38. The van der Waals surface area contributed by atoms with Crippen LogP contribution in [0.1, 0.15) is 18.9 Å². The Balaban J connectivity index is 2.40. The smallest absolute Gasteiger partial charge is 0.244 e. The van der Waals surface area contributed by atoms with E-state index in [0.29, 0.717) is 6.54 Å². The molecule has 15 heavy (non-hydrogen) atoms. The van der Waals surface area contributed by atoms with Crippen molar-refractivity contribution >= 4 is 5.91 Å². The lowest BCUT2D eigenvalue weighted by Crippen LogP contribution is -2.60. The molecule has 0 aliphatic carbocycles. The minimum atomic E-state index is -0.528. The molecule has 0 radical (unpaired) electrons. The van der Waals surface area contributed by atoms with E-state index in [1.165, 1.54) is 0 Å². The highest BCUT2D eigenvalue weighted by molar-refractivity contribution is 5.88. The summed E-state index contributed by atoms with van der Waals surface area (Å²) >= 11 is 0. The van der Waals surface area contributed by atoms with Gasteiger partial charge in [-0.1, -0.05) is 37.3 Å². The molecule has 1 heterocycles. The fourth-order valence-corrected chi connectivity index (χ4v) is 2.13. The van der Waals surface area contributed by atoms with Gasteiger partial charge in [-0.05, 0) is 12.0 Å². The Morgan fingerprint density at radius 2 is 2.00 bits per heavy atom. The molecule has 1 aromatic carbocycles. The number of carbonyl (C=O) groups excluding carboxylic acids is 1. The summed E-state index contributed by atoms with van der Waals surface area (Å²) in [6, 6.07) is 9.91. The maximum absolute atomic E-state index is 12.0. The number of rotatable bonds is 2. The summed E-state index contributed by atoms with van der Waals surface area (Å²) < 4.78 is 0.